The van der Waals surface area contributed by atoms with Crippen LogP contribution < -0.4 is 33.6 Å². The first-order chi connectivity index (χ1) is 14.1. The molecular weight excluding hydrogens is 410 g/mol. The molecule has 0 heterocycles. The molecule has 1 atom stereocenters. The van der Waals surface area contributed by atoms with Crippen molar-refractivity contribution >= 4 is 31.0 Å². The summed E-state index contributed by atoms with van der Waals surface area (Å²) < 4.78 is 11.9. The third-order valence-corrected chi connectivity index (χ3v) is 6.15. The van der Waals surface area contributed by atoms with Crippen LogP contribution in [0.1, 0.15) is 68.3 Å². The van der Waals surface area contributed by atoms with Gasteiger partial charge in [0.1, 0.15) is 11.5 Å². The summed E-state index contributed by atoms with van der Waals surface area (Å²) in [7, 11) is -0.0457. The van der Waals surface area contributed by atoms with Crippen LogP contribution in [0.3, 0.4) is 0 Å². The van der Waals surface area contributed by atoms with Gasteiger partial charge in [-0.1, -0.05) is 63.3 Å². The molecule has 1 unspecified atom stereocenters. The Bertz CT molecular complexity index is 778. The van der Waals surface area contributed by atoms with E-state index in [-0.39, 0.29) is 33.0 Å². The molecule has 3 nitrogen and oxygen atoms in total. The van der Waals surface area contributed by atoms with Gasteiger partial charge in [0.25, 0.3) is 0 Å². The second kappa shape index (κ2) is 14.9. The van der Waals surface area contributed by atoms with Crippen molar-refractivity contribution < 1.29 is 33.1 Å². The zero-order chi connectivity index (χ0) is 21.1. The maximum Gasteiger partial charge on any atom is 1.00 e. The Morgan fingerprint density at radius 2 is 1.63 bits per heavy atom. The van der Waals surface area contributed by atoms with Crippen molar-refractivity contribution in [1.82, 2.24) is 0 Å². The van der Waals surface area contributed by atoms with Crippen molar-refractivity contribution in [3.05, 3.63) is 52.5 Å². The minimum Gasteiger partial charge on any atom is -0.493 e. The predicted molar refractivity (Wildman–Crippen MR) is 125 cm³/mol. The standard InChI is InChI=1S/C24H32ClO3P.Li/c1-4-6-8-15-27-19-13-14-22(21(17-19)28-16-9-7-5-2)29-24(26)23-18(3)11-10-12-20(23)25;/h10-14,17,29H,4-9,15-16H2,1-3H3;/q;+1. The van der Waals surface area contributed by atoms with Crippen molar-refractivity contribution in [3.63, 3.8) is 0 Å². The van der Waals surface area contributed by atoms with Gasteiger partial charge >= 0.3 is 18.9 Å². The van der Waals surface area contributed by atoms with Gasteiger partial charge in [-0.2, -0.15) is 0 Å². The molecule has 0 aliphatic rings. The minimum atomic E-state index is -0.0457. The quantitative estimate of drug-likeness (QED) is 0.268. The summed E-state index contributed by atoms with van der Waals surface area (Å²) in [4.78, 5) is 13.0. The van der Waals surface area contributed by atoms with Crippen LogP contribution in [0.15, 0.2) is 36.4 Å². The van der Waals surface area contributed by atoms with Crippen LogP contribution in [0.5, 0.6) is 11.5 Å². The van der Waals surface area contributed by atoms with Gasteiger partial charge in [0.15, 0.2) is 5.52 Å². The molecule has 0 aliphatic carbocycles. The number of carbonyl (C=O) groups is 1. The van der Waals surface area contributed by atoms with Crippen LogP contribution in [0.4, 0.5) is 0 Å². The summed E-state index contributed by atoms with van der Waals surface area (Å²) in [6.45, 7) is 7.60. The van der Waals surface area contributed by atoms with E-state index in [1.165, 1.54) is 6.42 Å². The minimum absolute atomic E-state index is 0. The molecule has 0 radical (unpaired) electrons. The molecule has 0 saturated heterocycles. The number of carbonyl (C=O) groups excluding carboxylic acids is 1. The Balaban J connectivity index is 0.00000450. The summed E-state index contributed by atoms with van der Waals surface area (Å²) in [6, 6.07) is 11.4. The van der Waals surface area contributed by atoms with E-state index in [1.54, 1.807) is 6.07 Å². The molecule has 0 aliphatic heterocycles. The number of benzene rings is 2. The summed E-state index contributed by atoms with van der Waals surface area (Å²) in [5, 5.41) is 1.40. The molecule has 0 fully saturated rings. The van der Waals surface area contributed by atoms with E-state index >= 15 is 0 Å². The van der Waals surface area contributed by atoms with E-state index in [4.69, 9.17) is 21.1 Å². The summed E-state index contributed by atoms with van der Waals surface area (Å²) in [5.74, 6) is 1.53. The zero-order valence-electron chi connectivity index (χ0n) is 18.7. The van der Waals surface area contributed by atoms with Crippen molar-refractivity contribution in [1.29, 1.82) is 0 Å². The Morgan fingerprint density at radius 1 is 0.967 bits per heavy atom. The molecule has 158 valence electrons. The van der Waals surface area contributed by atoms with Crippen LogP contribution >= 0.6 is 20.2 Å². The van der Waals surface area contributed by atoms with Crippen LogP contribution in [-0.2, 0) is 0 Å². The molecule has 0 amide bonds. The molecule has 0 bridgehead atoms. The predicted octanol–water partition coefficient (Wildman–Crippen LogP) is 3.93. The fraction of sp³-hybridized carbons (Fsp3) is 0.458. The number of hydrogen-bond donors (Lipinski definition) is 0. The van der Waals surface area contributed by atoms with Gasteiger partial charge in [0.05, 0.1) is 18.2 Å². The summed E-state index contributed by atoms with van der Waals surface area (Å²) in [5.41, 5.74) is 1.53. The van der Waals surface area contributed by atoms with Gasteiger partial charge in [-0.05, 0) is 52.1 Å². The van der Waals surface area contributed by atoms with Gasteiger partial charge < -0.3 is 9.47 Å². The molecule has 2 aromatic rings. The summed E-state index contributed by atoms with van der Waals surface area (Å²) >= 11 is 6.29. The maximum absolute atomic E-state index is 13.0. The molecule has 0 N–H and O–H groups in total. The third-order valence-electron chi connectivity index (χ3n) is 4.67. The van der Waals surface area contributed by atoms with E-state index in [9.17, 15) is 4.79 Å². The van der Waals surface area contributed by atoms with E-state index in [2.05, 4.69) is 13.8 Å². The van der Waals surface area contributed by atoms with Crippen LogP contribution in [0, 0.1) is 6.92 Å². The first kappa shape index (κ1) is 27.1. The van der Waals surface area contributed by atoms with Crippen molar-refractivity contribution in [2.45, 2.75) is 59.3 Å². The Labute approximate surface area is 200 Å². The van der Waals surface area contributed by atoms with Crippen molar-refractivity contribution in [2.75, 3.05) is 13.2 Å². The number of halogens is 1. The van der Waals surface area contributed by atoms with Crippen molar-refractivity contribution in [2.24, 2.45) is 0 Å². The average Bonchev–Trinajstić information content (AvgIpc) is 2.70. The Kier molecular flexibility index (Phi) is 13.5. The van der Waals surface area contributed by atoms with Crippen LogP contribution in [0.25, 0.3) is 0 Å². The van der Waals surface area contributed by atoms with Gasteiger partial charge in [-0.25, -0.2) is 0 Å². The van der Waals surface area contributed by atoms with Crippen LogP contribution in [0.2, 0.25) is 5.02 Å². The smallest absolute Gasteiger partial charge is 0.493 e. The molecule has 0 spiro atoms. The van der Waals surface area contributed by atoms with Gasteiger partial charge in [0, 0.05) is 16.9 Å². The molecular formula is C24H32ClLiO3P+. The zero-order valence-corrected chi connectivity index (χ0v) is 20.5. The molecule has 30 heavy (non-hydrogen) atoms. The monoisotopic (exact) mass is 441 g/mol. The largest absolute Gasteiger partial charge is 1.00 e. The van der Waals surface area contributed by atoms with Crippen molar-refractivity contribution in [3.8, 4) is 11.5 Å². The SMILES string of the molecule is CCCCCOc1ccc(PC(=O)c2c(C)cccc2Cl)c(OCCCCC)c1.[Li+]. The maximum atomic E-state index is 13.0. The van der Waals surface area contributed by atoms with Gasteiger partial charge in [-0.3, -0.25) is 4.79 Å². The number of ether oxygens (including phenoxy) is 2. The number of aryl methyl sites for hydroxylation is 1. The Hall–Kier alpha value is -0.973. The van der Waals surface area contributed by atoms with Crippen LogP contribution in [-0.4, -0.2) is 18.7 Å². The summed E-state index contributed by atoms with van der Waals surface area (Å²) in [6.07, 6.45) is 6.63. The molecule has 2 rings (SSSR count). The molecule has 0 saturated carbocycles. The fourth-order valence-corrected chi connectivity index (χ4v) is 4.52. The third kappa shape index (κ3) is 8.64. The average molecular weight is 442 g/mol. The normalized spacial score (nSPS) is 10.8. The fourth-order valence-electron chi connectivity index (χ4n) is 3.00. The Morgan fingerprint density at radius 3 is 2.27 bits per heavy atom. The van der Waals surface area contributed by atoms with Gasteiger partial charge in [-0.15, -0.1) is 0 Å². The second-order valence-corrected chi connectivity index (χ2v) is 8.80. The topological polar surface area (TPSA) is 35.5 Å². The molecule has 2 aromatic carbocycles. The first-order valence-electron chi connectivity index (χ1n) is 10.5. The van der Waals surface area contributed by atoms with E-state index in [0.717, 1.165) is 54.5 Å². The second-order valence-electron chi connectivity index (χ2n) is 7.15. The van der Waals surface area contributed by atoms with Gasteiger partial charge in [0.2, 0.25) is 0 Å². The van der Waals surface area contributed by atoms with E-state index in [1.807, 2.05) is 37.3 Å². The molecule has 0 aromatic heterocycles. The van der Waals surface area contributed by atoms with E-state index < -0.39 is 0 Å². The molecule has 6 heteroatoms. The van der Waals surface area contributed by atoms with E-state index in [0.29, 0.717) is 23.8 Å². The number of rotatable bonds is 13. The number of hydrogen-bond acceptors (Lipinski definition) is 3. The first-order valence-corrected chi connectivity index (χ1v) is 11.9. The number of unbranched alkanes of at least 4 members (excludes halogenated alkanes) is 4.